The summed E-state index contributed by atoms with van der Waals surface area (Å²) in [5.74, 6) is 0.189. The summed E-state index contributed by atoms with van der Waals surface area (Å²) in [6.07, 6.45) is 2.63. The van der Waals surface area contributed by atoms with Crippen LogP contribution in [0.1, 0.15) is 40.0 Å². The van der Waals surface area contributed by atoms with Gasteiger partial charge in [-0.25, -0.2) is 0 Å². The van der Waals surface area contributed by atoms with Gasteiger partial charge in [0.1, 0.15) is 11.8 Å². The number of carbonyl (C=O) groups excluding carboxylic acids is 1. The summed E-state index contributed by atoms with van der Waals surface area (Å²) in [6.45, 7) is 6.14. The van der Waals surface area contributed by atoms with Gasteiger partial charge in [-0.3, -0.25) is 9.59 Å². The van der Waals surface area contributed by atoms with Crippen LogP contribution in [-0.2, 0) is 9.59 Å². The zero-order valence-corrected chi connectivity index (χ0v) is 12.1. The number of aliphatic carboxylic acids is 1. The maximum absolute atomic E-state index is 12.1. The third-order valence-electron chi connectivity index (χ3n) is 3.68. The third-order valence-corrected chi connectivity index (χ3v) is 5.23. The lowest BCUT2D eigenvalue weighted by Gasteiger charge is -2.37. The van der Waals surface area contributed by atoms with Crippen LogP contribution < -0.4 is 5.73 Å². The minimum absolute atomic E-state index is 0.0275. The van der Waals surface area contributed by atoms with Crippen LogP contribution >= 0.6 is 11.8 Å². The van der Waals surface area contributed by atoms with Crippen molar-refractivity contribution >= 4 is 23.5 Å². The van der Waals surface area contributed by atoms with E-state index in [2.05, 4.69) is 6.92 Å². The molecule has 0 unspecified atom stereocenters. The van der Waals surface area contributed by atoms with Gasteiger partial charge in [0.15, 0.2) is 0 Å². The largest absolute Gasteiger partial charge is 0.480 e. The minimum Gasteiger partial charge on any atom is -0.480 e. The number of hydrogen-bond acceptors (Lipinski definition) is 4. The van der Waals surface area contributed by atoms with E-state index in [-0.39, 0.29) is 10.7 Å². The van der Waals surface area contributed by atoms with Gasteiger partial charge in [0.2, 0.25) is 0 Å². The van der Waals surface area contributed by atoms with Crippen LogP contribution in [0.3, 0.4) is 0 Å². The third kappa shape index (κ3) is 3.99. The number of nitrogens with two attached hydrogens (primary N) is 1. The number of carboxylic acids is 1. The standard InChI is InChI=1S/C13H23NO3S/c1-8-4-5-9(11(15)6-8)13(2,3)18-7-10(14)12(16)17/h8-10H,4-7,14H2,1-3H3,(H,16,17)/t8-,9+,10-/m0/s1. The molecule has 4 nitrogen and oxygen atoms in total. The molecule has 1 fully saturated rings. The monoisotopic (exact) mass is 273 g/mol. The molecule has 3 N–H and O–H groups in total. The Morgan fingerprint density at radius 1 is 1.56 bits per heavy atom. The van der Waals surface area contributed by atoms with E-state index >= 15 is 0 Å². The van der Waals surface area contributed by atoms with Crippen molar-refractivity contribution in [1.29, 1.82) is 0 Å². The summed E-state index contributed by atoms with van der Waals surface area (Å²) >= 11 is 1.50. The highest BCUT2D eigenvalue weighted by atomic mass is 32.2. The highest BCUT2D eigenvalue weighted by molar-refractivity contribution is 8.00. The van der Waals surface area contributed by atoms with E-state index in [1.807, 2.05) is 13.8 Å². The van der Waals surface area contributed by atoms with Crippen molar-refractivity contribution in [3.8, 4) is 0 Å². The van der Waals surface area contributed by atoms with Gasteiger partial charge < -0.3 is 10.8 Å². The quantitative estimate of drug-likeness (QED) is 0.800. The first-order valence-electron chi connectivity index (χ1n) is 6.39. The van der Waals surface area contributed by atoms with Crippen LogP contribution in [0.5, 0.6) is 0 Å². The molecular formula is C13H23NO3S. The first kappa shape index (κ1) is 15.5. The van der Waals surface area contributed by atoms with E-state index in [4.69, 9.17) is 10.8 Å². The maximum atomic E-state index is 12.1. The predicted molar refractivity (Wildman–Crippen MR) is 73.7 cm³/mol. The number of rotatable bonds is 5. The molecule has 0 aliphatic heterocycles. The van der Waals surface area contributed by atoms with Crippen LogP contribution in [0.4, 0.5) is 0 Å². The number of hydrogen-bond donors (Lipinski definition) is 2. The van der Waals surface area contributed by atoms with Crippen LogP contribution in [0.2, 0.25) is 0 Å². The number of thioether (sulfide) groups is 1. The molecule has 0 amide bonds. The molecule has 1 rings (SSSR count). The van der Waals surface area contributed by atoms with E-state index in [0.717, 1.165) is 12.8 Å². The molecule has 18 heavy (non-hydrogen) atoms. The Hall–Kier alpha value is -0.550. The Morgan fingerprint density at radius 2 is 2.17 bits per heavy atom. The van der Waals surface area contributed by atoms with Gasteiger partial charge in [-0.15, -0.1) is 0 Å². The average Bonchev–Trinajstić information content (AvgIpc) is 2.25. The molecule has 0 aromatic rings. The molecule has 0 heterocycles. The minimum atomic E-state index is -0.984. The fourth-order valence-electron chi connectivity index (χ4n) is 2.41. The lowest BCUT2D eigenvalue weighted by molar-refractivity contribution is -0.137. The zero-order valence-electron chi connectivity index (χ0n) is 11.3. The lowest BCUT2D eigenvalue weighted by Crippen LogP contribution is -2.40. The predicted octanol–water partition coefficient (Wildman–Crippen LogP) is 1.92. The van der Waals surface area contributed by atoms with Crippen molar-refractivity contribution < 1.29 is 14.7 Å². The van der Waals surface area contributed by atoms with Crippen LogP contribution in [0.15, 0.2) is 0 Å². The molecule has 0 saturated heterocycles. The van der Waals surface area contributed by atoms with Gasteiger partial charge in [-0.2, -0.15) is 11.8 Å². The number of ketones is 1. The molecule has 1 saturated carbocycles. The summed E-state index contributed by atoms with van der Waals surface area (Å²) in [5.41, 5.74) is 5.50. The van der Waals surface area contributed by atoms with Crippen molar-refractivity contribution in [1.82, 2.24) is 0 Å². The Balaban J connectivity index is 2.57. The molecule has 5 heteroatoms. The molecule has 104 valence electrons. The molecule has 1 aliphatic carbocycles. The van der Waals surface area contributed by atoms with Crippen LogP contribution in [0.25, 0.3) is 0 Å². The smallest absolute Gasteiger partial charge is 0.321 e. The van der Waals surface area contributed by atoms with E-state index in [1.54, 1.807) is 0 Å². The Morgan fingerprint density at radius 3 is 2.67 bits per heavy atom. The summed E-state index contributed by atoms with van der Waals surface area (Å²) in [5, 5.41) is 8.77. The first-order valence-corrected chi connectivity index (χ1v) is 7.37. The average molecular weight is 273 g/mol. The normalized spacial score (nSPS) is 27.0. The molecule has 0 bridgehead atoms. The number of Topliss-reactive ketones (excluding diaryl/α,β-unsaturated/α-hetero) is 1. The summed E-state index contributed by atoms with van der Waals surface area (Å²) in [6, 6.07) is -0.855. The zero-order chi connectivity index (χ0) is 13.9. The lowest BCUT2D eigenvalue weighted by atomic mass is 9.76. The highest BCUT2D eigenvalue weighted by Gasteiger charge is 2.38. The van der Waals surface area contributed by atoms with Gasteiger partial charge in [0.05, 0.1) is 0 Å². The molecule has 0 aromatic carbocycles. The summed E-state index contributed by atoms with van der Waals surface area (Å²) in [7, 11) is 0. The van der Waals surface area contributed by atoms with Crippen molar-refractivity contribution in [3.05, 3.63) is 0 Å². The van der Waals surface area contributed by atoms with E-state index < -0.39 is 12.0 Å². The molecular weight excluding hydrogens is 250 g/mol. The van der Waals surface area contributed by atoms with Crippen molar-refractivity contribution in [3.63, 3.8) is 0 Å². The Kier molecular flexibility index (Phi) is 5.22. The van der Waals surface area contributed by atoms with Gasteiger partial charge >= 0.3 is 5.97 Å². The van der Waals surface area contributed by atoms with Gasteiger partial charge in [0.25, 0.3) is 0 Å². The number of carbonyl (C=O) groups is 2. The second-order valence-corrected chi connectivity index (χ2v) is 7.44. The molecule has 1 aliphatic rings. The maximum Gasteiger partial charge on any atom is 0.321 e. The SMILES string of the molecule is C[C@H]1CC[C@@H](C(C)(C)SC[C@H](N)C(=O)O)C(=O)C1. The Bertz CT molecular complexity index is 330. The topological polar surface area (TPSA) is 80.4 Å². The highest BCUT2D eigenvalue weighted by Crippen LogP contribution is 2.40. The fourth-order valence-corrected chi connectivity index (χ4v) is 3.61. The van der Waals surface area contributed by atoms with Crippen molar-refractivity contribution in [2.24, 2.45) is 17.6 Å². The molecule has 0 spiro atoms. The second kappa shape index (κ2) is 6.06. The fraction of sp³-hybridized carbons (Fsp3) is 0.846. The van der Waals surface area contributed by atoms with Gasteiger partial charge in [0, 0.05) is 22.8 Å². The van der Waals surface area contributed by atoms with E-state index in [9.17, 15) is 9.59 Å². The summed E-state index contributed by atoms with van der Waals surface area (Å²) in [4.78, 5) is 22.8. The molecule has 3 atom stereocenters. The number of carboxylic acid groups (broad SMARTS) is 1. The van der Waals surface area contributed by atoms with Gasteiger partial charge in [-0.05, 0) is 32.6 Å². The molecule has 0 aromatic heterocycles. The first-order chi connectivity index (χ1) is 8.24. The van der Waals surface area contributed by atoms with E-state index in [1.165, 1.54) is 11.8 Å². The molecule has 0 radical (unpaired) electrons. The van der Waals surface area contributed by atoms with Crippen molar-refractivity contribution in [2.75, 3.05) is 5.75 Å². The van der Waals surface area contributed by atoms with E-state index in [0.29, 0.717) is 23.9 Å². The van der Waals surface area contributed by atoms with Crippen LogP contribution in [0, 0.1) is 11.8 Å². The van der Waals surface area contributed by atoms with Crippen molar-refractivity contribution in [2.45, 2.75) is 50.8 Å². The second-order valence-electron chi connectivity index (χ2n) is 5.76. The van der Waals surface area contributed by atoms with Gasteiger partial charge in [-0.1, -0.05) is 6.92 Å². The summed E-state index contributed by atoms with van der Waals surface area (Å²) < 4.78 is -0.232. The Labute approximate surface area is 113 Å². The van der Waals surface area contributed by atoms with Crippen LogP contribution in [-0.4, -0.2) is 33.4 Å².